The number of hydrogen-bond donors (Lipinski definition) is 2. The predicted octanol–water partition coefficient (Wildman–Crippen LogP) is 2.91. The van der Waals surface area contributed by atoms with E-state index in [2.05, 4.69) is 10.6 Å². The summed E-state index contributed by atoms with van der Waals surface area (Å²) in [5, 5.41) is 6.46. The van der Waals surface area contributed by atoms with Gasteiger partial charge in [0.25, 0.3) is 5.91 Å². The van der Waals surface area contributed by atoms with Gasteiger partial charge in [-0.25, -0.2) is 4.39 Å². The minimum absolute atomic E-state index is 0.0106. The van der Waals surface area contributed by atoms with Crippen molar-refractivity contribution in [3.63, 3.8) is 0 Å². The summed E-state index contributed by atoms with van der Waals surface area (Å²) in [6.07, 6.45) is 6.96. The van der Waals surface area contributed by atoms with Crippen LogP contribution in [0.15, 0.2) is 24.3 Å². The Labute approximate surface area is 149 Å². The van der Waals surface area contributed by atoms with Crippen molar-refractivity contribution in [3.8, 4) is 0 Å². The van der Waals surface area contributed by atoms with E-state index in [1.165, 1.54) is 18.6 Å². The van der Waals surface area contributed by atoms with Crippen LogP contribution in [0.5, 0.6) is 0 Å². The number of halogens is 1. The average molecular weight is 348 g/mol. The molecule has 0 radical (unpaired) electrons. The first-order valence-electron chi connectivity index (χ1n) is 9.41. The number of nitrogens with one attached hydrogen (secondary N) is 2. The highest BCUT2D eigenvalue weighted by Crippen LogP contribution is 2.39. The summed E-state index contributed by atoms with van der Waals surface area (Å²) < 4.78 is 19.0. The highest BCUT2D eigenvalue weighted by Gasteiger charge is 2.41. The monoisotopic (exact) mass is 348 g/mol. The van der Waals surface area contributed by atoms with Crippen LogP contribution in [0, 0.1) is 5.82 Å². The Balaban J connectivity index is 1.74. The molecule has 3 rings (SSSR count). The van der Waals surface area contributed by atoms with Crippen LogP contribution in [0.3, 0.4) is 0 Å². The maximum absolute atomic E-state index is 13.3. The Morgan fingerprint density at radius 2 is 1.76 bits per heavy atom. The second kappa shape index (κ2) is 7.83. The van der Waals surface area contributed by atoms with Gasteiger partial charge in [0, 0.05) is 19.1 Å². The first kappa shape index (κ1) is 18.3. The molecule has 2 aliphatic rings. The van der Waals surface area contributed by atoms with Gasteiger partial charge in [-0.15, -0.1) is 0 Å². The summed E-state index contributed by atoms with van der Waals surface area (Å²) in [6.45, 7) is 2.19. The first-order chi connectivity index (χ1) is 12.1. The second-order valence-corrected chi connectivity index (χ2v) is 7.48. The van der Waals surface area contributed by atoms with Crippen molar-refractivity contribution < 1.29 is 13.9 Å². The lowest BCUT2D eigenvalue weighted by Crippen LogP contribution is -2.56. The molecule has 0 unspecified atom stereocenters. The van der Waals surface area contributed by atoms with Crippen molar-refractivity contribution in [1.82, 2.24) is 10.6 Å². The van der Waals surface area contributed by atoms with E-state index >= 15 is 0 Å². The predicted molar refractivity (Wildman–Crippen MR) is 96.0 cm³/mol. The molecular weight excluding hydrogens is 319 g/mol. The van der Waals surface area contributed by atoms with Crippen LogP contribution in [0.2, 0.25) is 0 Å². The quantitative estimate of drug-likeness (QED) is 0.860. The normalized spacial score (nSPS) is 22.3. The van der Waals surface area contributed by atoms with Crippen LogP contribution in [0.25, 0.3) is 0 Å². The zero-order valence-corrected chi connectivity index (χ0v) is 15.1. The molecule has 1 amide bonds. The van der Waals surface area contributed by atoms with Gasteiger partial charge >= 0.3 is 0 Å². The SMILES string of the molecule is COC1(C(=O)NCC2(c3ccc(F)cc3)CCCCC2)CCNCC1. The summed E-state index contributed by atoms with van der Waals surface area (Å²) in [6, 6.07) is 6.81. The number of piperidine rings is 1. The van der Waals surface area contributed by atoms with E-state index in [1.54, 1.807) is 7.11 Å². The molecule has 0 atom stereocenters. The number of carbonyl (C=O) groups is 1. The van der Waals surface area contributed by atoms with Gasteiger partial charge in [0.2, 0.25) is 0 Å². The Kier molecular flexibility index (Phi) is 5.74. The van der Waals surface area contributed by atoms with Crippen LogP contribution >= 0.6 is 0 Å². The summed E-state index contributed by atoms with van der Waals surface area (Å²) in [4.78, 5) is 12.9. The minimum Gasteiger partial charge on any atom is -0.368 e. The molecule has 4 nitrogen and oxygen atoms in total. The zero-order valence-electron chi connectivity index (χ0n) is 15.1. The molecule has 0 spiro atoms. The van der Waals surface area contributed by atoms with E-state index < -0.39 is 5.60 Å². The van der Waals surface area contributed by atoms with E-state index in [1.807, 2.05) is 12.1 Å². The van der Waals surface area contributed by atoms with Crippen LogP contribution in [0.4, 0.5) is 4.39 Å². The lowest BCUT2D eigenvalue weighted by molar-refractivity contribution is -0.147. The molecule has 2 fully saturated rings. The largest absolute Gasteiger partial charge is 0.368 e. The van der Waals surface area contributed by atoms with Gasteiger partial charge < -0.3 is 15.4 Å². The number of hydrogen-bond acceptors (Lipinski definition) is 3. The second-order valence-electron chi connectivity index (χ2n) is 7.48. The number of ether oxygens (including phenoxy) is 1. The third kappa shape index (κ3) is 3.87. The molecule has 1 aliphatic heterocycles. The van der Waals surface area contributed by atoms with Crippen molar-refractivity contribution in [2.24, 2.45) is 0 Å². The van der Waals surface area contributed by atoms with Crippen molar-refractivity contribution in [2.45, 2.75) is 56.0 Å². The van der Waals surface area contributed by atoms with Gasteiger partial charge in [-0.05, 0) is 56.5 Å². The van der Waals surface area contributed by atoms with Crippen molar-refractivity contribution in [3.05, 3.63) is 35.6 Å². The molecule has 1 aliphatic carbocycles. The summed E-state index contributed by atoms with van der Waals surface area (Å²) >= 11 is 0. The number of rotatable bonds is 5. The molecule has 138 valence electrons. The zero-order chi connectivity index (χ0) is 17.8. The molecule has 0 bridgehead atoms. The third-order valence-electron chi connectivity index (χ3n) is 6.07. The number of benzene rings is 1. The van der Waals surface area contributed by atoms with Gasteiger partial charge in [0.1, 0.15) is 11.4 Å². The first-order valence-corrected chi connectivity index (χ1v) is 9.41. The average Bonchev–Trinajstić information content (AvgIpc) is 2.68. The molecule has 1 saturated heterocycles. The van der Waals surface area contributed by atoms with Gasteiger partial charge in [0.05, 0.1) is 0 Å². The highest BCUT2D eigenvalue weighted by molar-refractivity contribution is 5.85. The molecule has 1 aromatic carbocycles. The van der Waals surface area contributed by atoms with Gasteiger partial charge in [0.15, 0.2) is 0 Å². The van der Waals surface area contributed by atoms with E-state index in [4.69, 9.17) is 4.74 Å². The summed E-state index contributed by atoms with van der Waals surface area (Å²) in [7, 11) is 1.63. The molecular formula is C20H29FN2O2. The lowest BCUT2D eigenvalue weighted by atomic mass is 9.69. The van der Waals surface area contributed by atoms with Gasteiger partial charge in [-0.1, -0.05) is 31.4 Å². The fourth-order valence-corrected chi connectivity index (χ4v) is 4.36. The molecule has 1 heterocycles. The number of carbonyl (C=O) groups excluding carboxylic acids is 1. The van der Waals surface area contributed by atoms with Crippen molar-refractivity contribution in [1.29, 1.82) is 0 Å². The van der Waals surface area contributed by atoms with Crippen molar-refractivity contribution >= 4 is 5.91 Å². The van der Waals surface area contributed by atoms with Crippen LogP contribution < -0.4 is 10.6 Å². The molecule has 1 aromatic rings. The van der Waals surface area contributed by atoms with Crippen LogP contribution in [-0.4, -0.2) is 38.3 Å². The Bertz CT molecular complexity index is 576. The maximum atomic E-state index is 13.3. The highest BCUT2D eigenvalue weighted by atomic mass is 19.1. The van der Waals surface area contributed by atoms with E-state index in [-0.39, 0.29) is 17.1 Å². The van der Waals surface area contributed by atoms with Crippen LogP contribution in [-0.2, 0) is 14.9 Å². The molecule has 1 saturated carbocycles. The lowest BCUT2D eigenvalue weighted by Gasteiger charge is -2.40. The standard InChI is InChI=1S/C20H29FN2O2/c1-25-20(11-13-22-14-12-20)18(24)23-15-19(9-3-2-4-10-19)16-5-7-17(21)8-6-16/h5-8,22H,2-4,9-15H2,1H3,(H,23,24). The van der Waals surface area contributed by atoms with E-state index in [9.17, 15) is 9.18 Å². The third-order valence-corrected chi connectivity index (χ3v) is 6.07. The molecule has 2 N–H and O–H groups in total. The summed E-state index contributed by atoms with van der Waals surface area (Å²) in [5.41, 5.74) is 0.318. The van der Waals surface area contributed by atoms with Crippen LogP contribution in [0.1, 0.15) is 50.5 Å². The fraction of sp³-hybridized carbons (Fsp3) is 0.650. The molecule has 25 heavy (non-hydrogen) atoms. The Morgan fingerprint density at radius 3 is 2.36 bits per heavy atom. The summed E-state index contributed by atoms with van der Waals surface area (Å²) in [5.74, 6) is -0.227. The Morgan fingerprint density at radius 1 is 1.12 bits per heavy atom. The van der Waals surface area contributed by atoms with E-state index in [0.717, 1.165) is 44.3 Å². The fourth-order valence-electron chi connectivity index (χ4n) is 4.36. The molecule has 0 aromatic heterocycles. The minimum atomic E-state index is -0.718. The topological polar surface area (TPSA) is 50.4 Å². The van der Waals surface area contributed by atoms with E-state index in [0.29, 0.717) is 19.4 Å². The number of amides is 1. The number of methoxy groups -OCH3 is 1. The van der Waals surface area contributed by atoms with Gasteiger partial charge in [-0.3, -0.25) is 4.79 Å². The van der Waals surface area contributed by atoms with Gasteiger partial charge in [-0.2, -0.15) is 0 Å². The smallest absolute Gasteiger partial charge is 0.252 e. The Hall–Kier alpha value is -1.46. The van der Waals surface area contributed by atoms with Crippen molar-refractivity contribution in [2.75, 3.05) is 26.7 Å². The maximum Gasteiger partial charge on any atom is 0.252 e. The molecule has 5 heteroatoms.